The van der Waals surface area contributed by atoms with Crippen LogP contribution in [0.25, 0.3) is 0 Å². The average molecular weight is 425 g/mol. The molecule has 1 aliphatic heterocycles. The third-order valence-electron chi connectivity index (χ3n) is 5.57. The molecule has 1 aromatic rings. The van der Waals surface area contributed by atoms with Crippen LogP contribution in [0.4, 0.5) is 0 Å². The number of nitrogens with one attached hydrogen (secondary N) is 1. The number of hydrogen-bond acceptors (Lipinski definition) is 3. The van der Waals surface area contributed by atoms with Crippen LogP contribution >= 0.6 is 11.6 Å². The van der Waals surface area contributed by atoms with E-state index in [4.69, 9.17) is 11.6 Å². The third-order valence-corrected chi connectivity index (χ3v) is 7.74. The summed E-state index contributed by atoms with van der Waals surface area (Å²) in [5.74, 6) is -0.445. The SMILES string of the molecule is O=C(NCCC1=CCCCC1)[C@H]1CCCN(S(=O)(=O)Cc2ccccc2Cl)C1. The van der Waals surface area contributed by atoms with Crippen molar-refractivity contribution in [3.8, 4) is 0 Å². The Labute approximate surface area is 173 Å². The molecule has 1 aliphatic carbocycles. The zero-order valence-corrected chi connectivity index (χ0v) is 17.8. The smallest absolute Gasteiger partial charge is 0.224 e. The molecular formula is C21H29ClN2O3S. The van der Waals surface area contributed by atoms with Crippen LogP contribution in [0, 0.1) is 5.92 Å². The van der Waals surface area contributed by atoms with Crippen LogP contribution in [0.15, 0.2) is 35.9 Å². The first-order chi connectivity index (χ1) is 13.5. The number of halogens is 1. The lowest BCUT2D eigenvalue weighted by molar-refractivity contribution is -0.126. The third kappa shape index (κ3) is 5.82. The number of nitrogens with zero attached hydrogens (tertiary/aromatic N) is 1. The van der Waals surface area contributed by atoms with Gasteiger partial charge in [-0.3, -0.25) is 4.79 Å². The normalized spacial score (nSPS) is 21.2. The van der Waals surface area contributed by atoms with E-state index in [-0.39, 0.29) is 24.1 Å². The summed E-state index contributed by atoms with van der Waals surface area (Å²) >= 11 is 6.12. The molecule has 1 heterocycles. The minimum absolute atomic E-state index is 0.0333. The van der Waals surface area contributed by atoms with E-state index in [0.717, 1.165) is 25.7 Å². The van der Waals surface area contributed by atoms with Gasteiger partial charge in [0, 0.05) is 24.7 Å². The first-order valence-corrected chi connectivity index (χ1v) is 12.1. The molecule has 28 heavy (non-hydrogen) atoms. The van der Waals surface area contributed by atoms with Gasteiger partial charge in [0.1, 0.15) is 0 Å². The van der Waals surface area contributed by atoms with Gasteiger partial charge in [0.25, 0.3) is 0 Å². The van der Waals surface area contributed by atoms with E-state index < -0.39 is 10.0 Å². The highest BCUT2D eigenvalue weighted by atomic mass is 35.5. The Morgan fingerprint density at radius 3 is 2.79 bits per heavy atom. The molecule has 1 amide bonds. The second-order valence-corrected chi connectivity index (χ2v) is 10.1. The van der Waals surface area contributed by atoms with E-state index in [2.05, 4.69) is 11.4 Å². The lowest BCUT2D eigenvalue weighted by Gasteiger charge is -2.31. The summed E-state index contributed by atoms with van der Waals surface area (Å²) in [7, 11) is -3.50. The maximum atomic E-state index is 12.8. The van der Waals surface area contributed by atoms with E-state index in [9.17, 15) is 13.2 Å². The van der Waals surface area contributed by atoms with Crippen LogP contribution in [0.5, 0.6) is 0 Å². The quantitative estimate of drug-likeness (QED) is 0.675. The zero-order chi connectivity index (χ0) is 20.0. The van der Waals surface area contributed by atoms with Gasteiger partial charge >= 0.3 is 0 Å². The molecule has 0 unspecified atom stereocenters. The fourth-order valence-corrected chi connectivity index (χ4v) is 5.86. The average Bonchev–Trinajstić information content (AvgIpc) is 2.70. The fraction of sp³-hybridized carbons (Fsp3) is 0.571. The Balaban J connectivity index is 1.53. The van der Waals surface area contributed by atoms with Gasteiger partial charge in [-0.2, -0.15) is 0 Å². The van der Waals surface area contributed by atoms with Crippen molar-refractivity contribution in [1.82, 2.24) is 9.62 Å². The minimum atomic E-state index is -3.50. The maximum Gasteiger partial charge on any atom is 0.224 e. The topological polar surface area (TPSA) is 66.5 Å². The van der Waals surface area contributed by atoms with E-state index >= 15 is 0 Å². The van der Waals surface area contributed by atoms with E-state index in [1.165, 1.54) is 22.7 Å². The van der Waals surface area contributed by atoms with Crippen LogP contribution in [0.3, 0.4) is 0 Å². The molecule has 1 saturated heterocycles. The monoisotopic (exact) mass is 424 g/mol. The van der Waals surface area contributed by atoms with E-state index in [0.29, 0.717) is 30.1 Å². The second kappa shape index (κ2) is 9.90. The molecule has 154 valence electrons. The van der Waals surface area contributed by atoms with Crippen LogP contribution in [0.2, 0.25) is 5.02 Å². The highest BCUT2D eigenvalue weighted by molar-refractivity contribution is 7.88. The first-order valence-electron chi connectivity index (χ1n) is 10.1. The van der Waals surface area contributed by atoms with Crippen molar-refractivity contribution in [2.75, 3.05) is 19.6 Å². The van der Waals surface area contributed by atoms with E-state index in [1.54, 1.807) is 24.3 Å². The fourth-order valence-electron chi connectivity index (χ4n) is 3.93. The first kappa shape index (κ1) is 21.3. The predicted molar refractivity (Wildman–Crippen MR) is 113 cm³/mol. The number of allylic oxidation sites excluding steroid dienone is 1. The maximum absolute atomic E-state index is 12.8. The van der Waals surface area contributed by atoms with Gasteiger partial charge in [-0.05, 0) is 56.6 Å². The molecule has 0 saturated carbocycles. The summed E-state index contributed by atoms with van der Waals surface area (Å²) in [6, 6.07) is 6.99. The number of hydrogen-bond donors (Lipinski definition) is 1. The van der Waals surface area contributed by atoms with Gasteiger partial charge in [0.2, 0.25) is 15.9 Å². The standard InChI is InChI=1S/C21H29ClN2O3S/c22-20-11-5-4-9-19(20)16-28(26,27)24-14-6-10-18(15-24)21(25)23-13-12-17-7-2-1-3-8-17/h4-5,7,9,11,18H,1-3,6,8,10,12-16H2,(H,23,25)/t18-/m0/s1. The molecule has 0 aromatic heterocycles. The molecule has 3 rings (SSSR count). The summed E-state index contributed by atoms with van der Waals surface area (Å²) in [5.41, 5.74) is 2.02. The molecule has 2 aliphatic rings. The van der Waals surface area contributed by atoms with Crippen molar-refractivity contribution in [2.24, 2.45) is 5.92 Å². The molecule has 1 N–H and O–H groups in total. The molecule has 1 atom stereocenters. The van der Waals surface area contributed by atoms with Gasteiger partial charge < -0.3 is 5.32 Å². The van der Waals surface area contributed by atoms with Crippen molar-refractivity contribution in [3.63, 3.8) is 0 Å². The van der Waals surface area contributed by atoms with Gasteiger partial charge in [-0.1, -0.05) is 41.4 Å². The molecule has 5 nitrogen and oxygen atoms in total. The number of amides is 1. The number of rotatable bonds is 7. The van der Waals surface area contributed by atoms with Crippen molar-refractivity contribution in [2.45, 2.75) is 50.7 Å². The Kier molecular flexibility index (Phi) is 7.55. The number of carbonyl (C=O) groups excluding carboxylic acids is 1. The Morgan fingerprint density at radius 1 is 1.21 bits per heavy atom. The highest BCUT2D eigenvalue weighted by Gasteiger charge is 2.32. The molecular weight excluding hydrogens is 396 g/mol. The Bertz CT molecular complexity index is 823. The summed E-state index contributed by atoms with van der Waals surface area (Å²) in [6.45, 7) is 1.35. The van der Waals surface area contributed by atoms with Crippen molar-refractivity contribution >= 4 is 27.5 Å². The van der Waals surface area contributed by atoms with Crippen LogP contribution in [0.1, 0.15) is 50.5 Å². The number of sulfonamides is 1. The van der Waals surface area contributed by atoms with E-state index in [1.807, 2.05) is 0 Å². The van der Waals surface area contributed by atoms with Crippen LogP contribution in [-0.2, 0) is 20.6 Å². The van der Waals surface area contributed by atoms with Crippen LogP contribution < -0.4 is 5.32 Å². The summed E-state index contributed by atoms with van der Waals surface area (Å²) in [5, 5.41) is 3.46. The summed E-state index contributed by atoms with van der Waals surface area (Å²) in [4.78, 5) is 12.6. The molecule has 0 bridgehead atoms. The number of benzene rings is 1. The summed E-state index contributed by atoms with van der Waals surface area (Å²) in [6.07, 6.45) is 9.39. The number of piperidine rings is 1. The molecule has 7 heteroatoms. The molecule has 1 fully saturated rings. The van der Waals surface area contributed by atoms with Crippen molar-refractivity contribution in [1.29, 1.82) is 0 Å². The van der Waals surface area contributed by atoms with Crippen molar-refractivity contribution < 1.29 is 13.2 Å². The van der Waals surface area contributed by atoms with Gasteiger partial charge in [0.05, 0.1) is 11.7 Å². The van der Waals surface area contributed by atoms with Gasteiger partial charge in [-0.25, -0.2) is 12.7 Å². The molecule has 0 spiro atoms. The Hall–Kier alpha value is -1.37. The lowest BCUT2D eigenvalue weighted by atomic mass is 9.96. The highest BCUT2D eigenvalue weighted by Crippen LogP contribution is 2.24. The lowest BCUT2D eigenvalue weighted by Crippen LogP contribution is -2.45. The largest absolute Gasteiger partial charge is 0.356 e. The predicted octanol–water partition coefficient (Wildman–Crippen LogP) is 3.89. The number of carbonyl (C=O) groups is 1. The molecule has 1 aromatic carbocycles. The van der Waals surface area contributed by atoms with Crippen molar-refractivity contribution in [3.05, 3.63) is 46.5 Å². The van der Waals surface area contributed by atoms with Gasteiger partial charge in [-0.15, -0.1) is 0 Å². The second-order valence-electron chi connectivity index (χ2n) is 7.69. The molecule has 0 radical (unpaired) electrons. The summed E-state index contributed by atoms with van der Waals surface area (Å²) < 4.78 is 27.1. The Morgan fingerprint density at radius 2 is 2.04 bits per heavy atom. The zero-order valence-electron chi connectivity index (χ0n) is 16.2. The van der Waals surface area contributed by atoms with Gasteiger partial charge in [0.15, 0.2) is 0 Å². The van der Waals surface area contributed by atoms with Crippen LogP contribution in [-0.4, -0.2) is 38.3 Å². The minimum Gasteiger partial charge on any atom is -0.356 e.